The first kappa shape index (κ1) is 9.08. The van der Waals surface area contributed by atoms with Crippen LogP contribution in [-0.2, 0) is 0 Å². The number of phenolic OH excluding ortho intramolecular Hbond substituents is 1. The van der Waals surface area contributed by atoms with E-state index in [1.807, 2.05) is 0 Å². The van der Waals surface area contributed by atoms with Crippen molar-refractivity contribution in [3.8, 4) is 16.9 Å². The Morgan fingerprint density at radius 1 is 1.36 bits per heavy atom. The van der Waals surface area contributed by atoms with E-state index in [-0.39, 0.29) is 5.75 Å². The molecule has 0 amide bonds. The minimum absolute atomic E-state index is 0.211. The van der Waals surface area contributed by atoms with Crippen LogP contribution in [0.5, 0.6) is 5.75 Å². The fraction of sp³-hybridized carbons (Fsp3) is 0. The topological polar surface area (TPSA) is 74.9 Å². The monoisotopic (exact) mass is 253 g/mol. The van der Waals surface area contributed by atoms with E-state index in [4.69, 9.17) is 5.73 Å². The summed E-state index contributed by atoms with van der Waals surface area (Å²) in [5.41, 5.74) is 7.39. The summed E-state index contributed by atoms with van der Waals surface area (Å²) in [7, 11) is 0. The van der Waals surface area contributed by atoms with E-state index >= 15 is 0 Å². The van der Waals surface area contributed by atoms with Crippen LogP contribution in [-0.4, -0.2) is 15.3 Å². The minimum Gasteiger partial charge on any atom is -0.508 e. The Hall–Kier alpha value is -1.49. The third-order valence-corrected chi connectivity index (χ3v) is 2.57. The zero-order valence-corrected chi connectivity index (χ0v) is 8.75. The van der Waals surface area contributed by atoms with Gasteiger partial charge in [0, 0.05) is 15.6 Å². The molecule has 4 nitrogen and oxygen atoms in total. The molecule has 72 valence electrons. The first-order valence-corrected chi connectivity index (χ1v) is 4.75. The molecule has 0 unspecified atom stereocenters. The van der Waals surface area contributed by atoms with E-state index in [0.717, 1.165) is 15.6 Å². The van der Waals surface area contributed by atoms with Crippen molar-refractivity contribution in [3.05, 3.63) is 28.9 Å². The van der Waals surface area contributed by atoms with Gasteiger partial charge in [-0.1, -0.05) is 15.9 Å². The number of benzene rings is 1. The van der Waals surface area contributed by atoms with Crippen LogP contribution in [0.1, 0.15) is 0 Å². The van der Waals surface area contributed by atoms with Gasteiger partial charge in [0.2, 0.25) is 0 Å². The number of aromatic hydroxyl groups is 1. The van der Waals surface area contributed by atoms with Crippen molar-refractivity contribution < 1.29 is 5.11 Å². The van der Waals surface area contributed by atoms with Crippen LogP contribution in [0.4, 0.5) is 5.82 Å². The second-order valence-corrected chi connectivity index (χ2v) is 3.72. The number of anilines is 1. The zero-order chi connectivity index (χ0) is 10.1. The summed E-state index contributed by atoms with van der Waals surface area (Å²) in [5.74, 6) is 0.721. The Labute approximate surface area is 88.9 Å². The molecule has 2 aromatic rings. The molecule has 0 aliphatic heterocycles. The van der Waals surface area contributed by atoms with E-state index in [1.54, 1.807) is 24.4 Å². The van der Waals surface area contributed by atoms with E-state index < -0.39 is 0 Å². The van der Waals surface area contributed by atoms with Crippen molar-refractivity contribution in [1.29, 1.82) is 0 Å². The first-order valence-electron chi connectivity index (χ1n) is 3.96. The Morgan fingerprint density at radius 3 is 2.71 bits per heavy atom. The van der Waals surface area contributed by atoms with Gasteiger partial charge in [-0.05, 0) is 18.2 Å². The average molecular weight is 254 g/mol. The van der Waals surface area contributed by atoms with E-state index in [0.29, 0.717) is 5.82 Å². The van der Waals surface area contributed by atoms with Crippen molar-refractivity contribution in [2.45, 2.75) is 0 Å². The SMILES string of the molecule is Nc1[nH]ncc1-c1ccc(O)cc1Br. The fourth-order valence-corrected chi connectivity index (χ4v) is 1.81. The highest BCUT2D eigenvalue weighted by atomic mass is 79.9. The van der Waals surface area contributed by atoms with Gasteiger partial charge in [0.05, 0.1) is 6.20 Å². The number of aromatic nitrogens is 2. The van der Waals surface area contributed by atoms with Crippen molar-refractivity contribution in [3.63, 3.8) is 0 Å². The predicted molar refractivity (Wildman–Crippen MR) is 57.8 cm³/mol. The normalized spacial score (nSPS) is 10.4. The third-order valence-electron chi connectivity index (χ3n) is 1.91. The number of H-pyrrole nitrogens is 1. The third kappa shape index (κ3) is 1.46. The summed E-state index contributed by atoms with van der Waals surface area (Å²) in [6, 6.07) is 4.99. The molecule has 0 spiro atoms. The van der Waals surface area contributed by atoms with E-state index in [9.17, 15) is 5.11 Å². The molecule has 0 atom stereocenters. The lowest BCUT2D eigenvalue weighted by atomic mass is 10.1. The van der Waals surface area contributed by atoms with E-state index in [2.05, 4.69) is 26.1 Å². The number of nitrogens with two attached hydrogens (primary N) is 1. The number of aromatic amines is 1. The van der Waals surface area contributed by atoms with Gasteiger partial charge in [-0.3, -0.25) is 5.10 Å². The molecule has 0 aliphatic rings. The highest BCUT2D eigenvalue weighted by Crippen LogP contribution is 2.33. The maximum Gasteiger partial charge on any atom is 0.126 e. The van der Waals surface area contributed by atoms with Crippen LogP contribution in [0.15, 0.2) is 28.9 Å². The Kier molecular flexibility index (Phi) is 2.17. The Morgan fingerprint density at radius 2 is 2.14 bits per heavy atom. The number of halogens is 1. The average Bonchev–Trinajstić information content (AvgIpc) is 2.52. The molecule has 5 heteroatoms. The second-order valence-electron chi connectivity index (χ2n) is 2.86. The maximum atomic E-state index is 9.22. The van der Waals surface area contributed by atoms with Crippen LogP contribution >= 0.6 is 15.9 Å². The zero-order valence-electron chi connectivity index (χ0n) is 7.16. The summed E-state index contributed by atoms with van der Waals surface area (Å²) >= 11 is 3.35. The molecule has 1 heterocycles. The summed E-state index contributed by atoms with van der Waals surface area (Å²) < 4.78 is 0.783. The number of hydrogen-bond donors (Lipinski definition) is 3. The molecular formula is C9H8BrN3O. The molecular weight excluding hydrogens is 246 g/mol. The quantitative estimate of drug-likeness (QED) is 0.729. The number of nitrogen functional groups attached to an aromatic ring is 1. The molecule has 0 saturated heterocycles. The lowest BCUT2D eigenvalue weighted by molar-refractivity contribution is 0.475. The molecule has 0 fully saturated rings. The van der Waals surface area contributed by atoms with Gasteiger partial charge in [-0.15, -0.1) is 0 Å². The summed E-state index contributed by atoms with van der Waals surface area (Å²) in [6.45, 7) is 0. The van der Waals surface area contributed by atoms with Crippen LogP contribution in [0.25, 0.3) is 11.1 Å². The molecule has 0 saturated carbocycles. The fourth-order valence-electron chi connectivity index (χ4n) is 1.23. The maximum absolute atomic E-state index is 9.22. The van der Waals surface area contributed by atoms with Gasteiger partial charge in [-0.25, -0.2) is 0 Å². The Balaban J connectivity index is 2.58. The number of nitrogens with zero attached hydrogens (tertiary/aromatic N) is 1. The standard InChI is InChI=1S/C9H8BrN3O/c10-8-3-5(14)1-2-6(8)7-4-12-13-9(7)11/h1-4,14H,(H3,11,12,13). The van der Waals surface area contributed by atoms with Gasteiger partial charge in [-0.2, -0.15) is 5.10 Å². The van der Waals surface area contributed by atoms with Crippen molar-refractivity contribution in [2.75, 3.05) is 5.73 Å². The van der Waals surface area contributed by atoms with Crippen LogP contribution in [0, 0.1) is 0 Å². The molecule has 2 rings (SSSR count). The summed E-state index contributed by atoms with van der Waals surface area (Å²) in [6.07, 6.45) is 1.65. The first-order chi connectivity index (χ1) is 6.68. The molecule has 0 aliphatic carbocycles. The Bertz CT molecular complexity index is 467. The largest absolute Gasteiger partial charge is 0.508 e. The number of nitrogens with one attached hydrogen (secondary N) is 1. The molecule has 14 heavy (non-hydrogen) atoms. The predicted octanol–water partition coefficient (Wildman–Crippen LogP) is 2.13. The van der Waals surface area contributed by atoms with Gasteiger partial charge in [0.25, 0.3) is 0 Å². The summed E-state index contributed by atoms with van der Waals surface area (Å²) in [4.78, 5) is 0. The molecule has 0 radical (unpaired) electrons. The van der Waals surface area contributed by atoms with Crippen LogP contribution in [0.3, 0.4) is 0 Å². The molecule has 1 aromatic carbocycles. The minimum atomic E-state index is 0.211. The van der Waals surface area contributed by atoms with Crippen LogP contribution in [0.2, 0.25) is 0 Å². The van der Waals surface area contributed by atoms with E-state index in [1.165, 1.54) is 0 Å². The summed E-state index contributed by atoms with van der Waals surface area (Å²) in [5, 5.41) is 15.7. The van der Waals surface area contributed by atoms with Crippen molar-refractivity contribution >= 4 is 21.7 Å². The second kappa shape index (κ2) is 3.34. The molecule has 0 bridgehead atoms. The van der Waals surface area contributed by atoms with Gasteiger partial charge in [0.1, 0.15) is 11.6 Å². The van der Waals surface area contributed by atoms with Gasteiger partial charge < -0.3 is 10.8 Å². The van der Waals surface area contributed by atoms with Crippen LogP contribution < -0.4 is 5.73 Å². The van der Waals surface area contributed by atoms with Crippen molar-refractivity contribution in [1.82, 2.24) is 10.2 Å². The molecule has 1 aromatic heterocycles. The lowest BCUT2D eigenvalue weighted by Crippen LogP contribution is -1.88. The van der Waals surface area contributed by atoms with Gasteiger partial charge in [0.15, 0.2) is 0 Å². The lowest BCUT2D eigenvalue weighted by Gasteiger charge is -2.02. The molecule has 4 N–H and O–H groups in total. The number of phenols is 1. The number of hydrogen-bond acceptors (Lipinski definition) is 3. The highest BCUT2D eigenvalue weighted by molar-refractivity contribution is 9.10. The smallest absolute Gasteiger partial charge is 0.126 e. The van der Waals surface area contributed by atoms with Gasteiger partial charge >= 0.3 is 0 Å². The van der Waals surface area contributed by atoms with Crippen molar-refractivity contribution in [2.24, 2.45) is 0 Å². The highest BCUT2D eigenvalue weighted by Gasteiger charge is 2.08. The number of rotatable bonds is 1.